The number of halogens is 1. The largest absolute Gasteiger partial charge is 0.324 e. The Morgan fingerprint density at radius 3 is 3.00 bits per heavy atom. The molecule has 0 radical (unpaired) electrons. The third-order valence-electron chi connectivity index (χ3n) is 3.71. The van der Waals surface area contributed by atoms with Crippen molar-refractivity contribution in [2.24, 2.45) is 0 Å². The molecule has 0 spiro atoms. The highest BCUT2D eigenvalue weighted by Crippen LogP contribution is 2.27. The Labute approximate surface area is 122 Å². The van der Waals surface area contributed by atoms with Gasteiger partial charge in [-0.25, -0.2) is 9.18 Å². The highest BCUT2D eigenvalue weighted by molar-refractivity contribution is 5.89. The number of likely N-dealkylation sites (tertiary alicyclic amines) is 1. The molecule has 4 nitrogen and oxygen atoms in total. The maximum absolute atomic E-state index is 13.3. The number of pyridine rings is 1. The summed E-state index contributed by atoms with van der Waals surface area (Å²) in [6, 6.07) is 10.0. The first-order valence-electron chi connectivity index (χ1n) is 6.94. The van der Waals surface area contributed by atoms with E-state index in [4.69, 9.17) is 0 Å². The molecule has 1 aromatic carbocycles. The molecule has 108 valence electrons. The fraction of sp³-hybridized carbons (Fsp3) is 0.250. The smallest absolute Gasteiger partial charge is 0.321 e. The number of hydrogen-bond donors (Lipinski definition) is 1. The highest BCUT2D eigenvalue weighted by atomic mass is 19.1. The number of benzene rings is 1. The number of anilines is 1. The first-order chi connectivity index (χ1) is 10.2. The molecule has 3 rings (SSSR count). The van der Waals surface area contributed by atoms with Crippen molar-refractivity contribution in [3.63, 3.8) is 0 Å². The maximum Gasteiger partial charge on any atom is 0.321 e. The summed E-state index contributed by atoms with van der Waals surface area (Å²) in [5.41, 5.74) is 1.63. The van der Waals surface area contributed by atoms with Gasteiger partial charge in [0, 0.05) is 25.2 Å². The first kappa shape index (κ1) is 13.5. The monoisotopic (exact) mass is 285 g/mol. The Morgan fingerprint density at radius 2 is 2.24 bits per heavy atom. The zero-order valence-corrected chi connectivity index (χ0v) is 11.5. The van der Waals surface area contributed by atoms with E-state index in [0.29, 0.717) is 18.8 Å². The highest BCUT2D eigenvalue weighted by Gasteiger charge is 2.27. The molecular formula is C16H16FN3O. The molecule has 1 fully saturated rings. The van der Waals surface area contributed by atoms with Crippen molar-refractivity contribution in [1.29, 1.82) is 0 Å². The summed E-state index contributed by atoms with van der Waals surface area (Å²) in [6.45, 7) is 1.28. The Hall–Kier alpha value is -2.43. The van der Waals surface area contributed by atoms with Crippen LogP contribution in [0.5, 0.6) is 0 Å². The maximum atomic E-state index is 13.3. The minimum absolute atomic E-state index is 0.137. The Balaban J connectivity index is 1.63. The number of carbonyl (C=O) groups is 1. The number of nitrogens with one attached hydrogen (secondary N) is 1. The standard InChI is InChI=1S/C16H16FN3O/c17-14-4-1-3-12(9-14)13-6-8-20(11-13)16(21)19-15-5-2-7-18-10-15/h1-5,7,9-10,13H,6,8,11H2,(H,19,21)/t13-/m1/s1. The quantitative estimate of drug-likeness (QED) is 0.920. The molecule has 2 aromatic rings. The van der Waals surface area contributed by atoms with E-state index in [2.05, 4.69) is 10.3 Å². The summed E-state index contributed by atoms with van der Waals surface area (Å²) in [4.78, 5) is 17.9. The summed E-state index contributed by atoms with van der Waals surface area (Å²) in [7, 11) is 0. The van der Waals surface area contributed by atoms with Gasteiger partial charge in [0.25, 0.3) is 0 Å². The van der Waals surface area contributed by atoms with Crippen LogP contribution in [0.4, 0.5) is 14.9 Å². The molecule has 0 unspecified atom stereocenters. The van der Waals surface area contributed by atoms with Crippen molar-refractivity contribution in [3.05, 3.63) is 60.2 Å². The van der Waals surface area contributed by atoms with Gasteiger partial charge in [0.2, 0.25) is 0 Å². The van der Waals surface area contributed by atoms with Crippen LogP contribution in [0.3, 0.4) is 0 Å². The molecule has 2 amide bonds. The molecule has 1 N–H and O–H groups in total. The molecule has 5 heteroatoms. The third-order valence-corrected chi connectivity index (χ3v) is 3.71. The number of aromatic nitrogens is 1. The SMILES string of the molecule is O=C(Nc1cccnc1)N1CC[C@@H](c2cccc(F)c2)C1. The Kier molecular flexibility index (Phi) is 3.81. The molecule has 2 heterocycles. The average molecular weight is 285 g/mol. The predicted molar refractivity (Wildman–Crippen MR) is 78.6 cm³/mol. The summed E-state index contributed by atoms with van der Waals surface area (Å²) in [6.07, 6.45) is 4.12. The minimum Gasteiger partial charge on any atom is -0.324 e. The molecule has 1 atom stereocenters. The zero-order chi connectivity index (χ0) is 14.7. The molecule has 0 saturated carbocycles. The van der Waals surface area contributed by atoms with Gasteiger partial charge in [-0.2, -0.15) is 0 Å². The molecule has 21 heavy (non-hydrogen) atoms. The van der Waals surface area contributed by atoms with Crippen molar-refractivity contribution in [3.8, 4) is 0 Å². The summed E-state index contributed by atoms with van der Waals surface area (Å²) in [5, 5.41) is 2.82. The van der Waals surface area contributed by atoms with E-state index in [-0.39, 0.29) is 17.8 Å². The molecule has 0 bridgehead atoms. The van der Waals surface area contributed by atoms with Gasteiger partial charge >= 0.3 is 6.03 Å². The van der Waals surface area contributed by atoms with Crippen LogP contribution in [0.1, 0.15) is 17.9 Å². The van der Waals surface area contributed by atoms with Gasteiger partial charge in [-0.05, 0) is 36.2 Å². The van der Waals surface area contributed by atoms with E-state index in [1.807, 2.05) is 6.07 Å². The molecule has 1 saturated heterocycles. The fourth-order valence-corrected chi connectivity index (χ4v) is 2.62. The lowest BCUT2D eigenvalue weighted by Crippen LogP contribution is -2.32. The van der Waals surface area contributed by atoms with Gasteiger partial charge in [0.1, 0.15) is 5.82 Å². The van der Waals surface area contributed by atoms with E-state index >= 15 is 0 Å². The zero-order valence-electron chi connectivity index (χ0n) is 11.5. The number of amides is 2. The molecule has 1 aromatic heterocycles. The van der Waals surface area contributed by atoms with Crippen LogP contribution in [-0.2, 0) is 0 Å². The predicted octanol–water partition coefficient (Wildman–Crippen LogP) is 3.24. The lowest BCUT2D eigenvalue weighted by Gasteiger charge is -2.17. The van der Waals surface area contributed by atoms with Crippen molar-refractivity contribution in [2.75, 3.05) is 18.4 Å². The van der Waals surface area contributed by atoms with Gasteiger partial charge in [-0.15, -0.1) is 0 Å². The van der Waals surface area contributed by atoms with Gasteiger partial charge in [-0.1, -0.05) is 12.1 Å². The molecule has 1 aliphatic rings. The average Bonchev–Trinajstić information content (AvgIpc) is 2.98. The Morgan fingerprint density at radius 1 is 1.33 bits per heavy atom. The van der Waals surface area contributed by atoms with Crippen molar-refractivity contribution in [1.82, 2.24) is 9.88 Å². The first-order valence-corrected chi connectivity index (χ1v) is 6.94. The Bertz CT molecular complexity index is 632. The minimum atomic E-state index is -0.231. The molecular weight excluding hydrogens is 269 g/mol. The lowest BCUT2D eigenvalue weighted by atomic mass is 9.98. The normalized spacial score (nSPS) is 17.8. The number of nitrogens with zero attached hydrogens (tertiary/aromatic N) is 2. The third kappa shape index (κ3) is 3.18. The lowest BCUT2D eigenvalue weighted by molar-refractivity contribution is 0.222. The van der Waals surface area contributed by atoms with Crippen LogP contribution >= 0.6 is 0 Å². The summed E-state index contributed by atoms with van der Waals surface area (Å²) >= 11 is 0. The van der Waals surface area contributed by atoms with Crippen molar-refractivity contribution < 1.29 is 9.18 Å². The van der Waals surface area contributed by atoms with Gasteiger partial charge in [0.05, 0.1) is 11.9 Å². The molecule has 0 aliphatic carbocycles. The number of hydrogen-bond acceptors (Lipinski definition) is 2. The fourth-order valence-electron chi connectivity index (χ4n) is 2.62. The van der Waals surface area contributed by atoms with Crippen LogP contribution in [0, 0.1) is 5.82 Å². The van der Waals surface area contributed by atoms with Crippen molar-refractivity contribution >= 4 is 11.7 Å². The van der Waals surface area contributed by atoms with E-state index < -0.39 is 0 Å². The number of rotatable bonds is 2. The second-order valence-electron chi connectivity index (χ2n) is 5.16. The molecule has 1 aliphatic heterocycles. The van der Waals surface area contributed by atoms with Gasteiger partial charge < -0.3 is 10.2 Å². The van der Waals surface area contributed by atoms with Gasteiger partial charge in [-0.3, -0.25) is 4.98 Å². The summed E-state index contributed by atoms with van der Waals surface area (Å²) in [5.74, 6) is -0.0360. The van der Waals surface area contributed by atoms with Crippen LogP contribution < -0.4 is 5.32 Å². The second-order valence-corrected chi connectivity index (χ2v) is 5.16. The van der Waals surface area contributed by atoms with Crippen LogP contribution in [0.25, 0.3) is 0 Å². The van der Waals surface area contributed by atoms with Crippen molar-refractivity contribution in [2.45, 2.75) is 12.3 Å². The van der Waals surface area contributed by atoms with Crippen LogP contribution in [0.15, 0.2) is 48.8 Å². The van der Waals surface area contributed by atoms with Gasteiger partial charge in [0.15, 0.2) is 0 Å². The topological polar surface area (TPSA) is 45.2 Å². The second kappa shape index (κ2) is 5.91. The van der Waals surface area contributed by atoms with E-state index in [0.717, 1.165) is 12.0 Å². The van der Waals surface area contributed by atoms with Crippen LogP contribution in [0.2, 0.25) is 0 Å². The number of carbonyl (C=O) groups excluding carboxylic acids is 1. The van der Waals surface area contributed by atoms with E-state index in [9.17, 15) is 9.18 Å². The van der Waals surface area contributed by atoms with E-state index in [1.54, 1.807) is 41.6 Å². The summed E-state index contributed by atoms with van der Waals surface area (Å²) < 4.78 is 13.3. The van der Waals surface area contributed by atoms with Crippen LogP contribution in [-0.4, -0.2) is 29.0 Å². The van der Waals surface area contributed by atoms with E-state index in [1.165, 1.54) is 6.07 Å². The number of urea groups is 1.